The van der Waals surface area contributed by atoms with Gasteiger partial charge < -0.3 is 60.2 Å². The van der Waals surface area contributed by atoms with Crippen LogP contribution in [0.3, 0.4) is 0 Å². The summed E-state index contributed by atoms with van der Waals surface area (Å²) in [5.74, 6) is 1.19. The van der Waals surface area contributed by atoms with E-state index in [1.54, 1.807) is 41.2 Å². The van der Waals surface area contributed by atoms with Crippen LogP contribution in [0.4, 0.5) is 30.6 Å². The van der Waals surface area contributed by atoms with Crippen molar-refractivity contribution in [1.82, 2.24) is 59.4 Å². The maximum atomic E-state index is 15.1. The van der Waals surface area contributed by atoms with Gasteiger partial charge in [0.15, 0.2) is 17.5 Å². The standard InChI is InChI=1S/C29H29N5O3.C26H23F2N5O3.C26H24FN5O3/c1-2-24(35)31-26-18-8-9-19(26)15-20(14-18)34-16-23(25-27(34)29(36)33-32-28(25)30)17-10-12-22(13-11-17)37-21-6-4-3-5-7-21;1-2-21(34)32-13-17(12-26(27,28)15-32)33-14-20(22-23(33)25(35)31-30-24(22)29)16-8-10-19(11-9-16)36-18-6-4-3-5-7-18;1-2-22(33)31-13-12-20(27)21(15-31)32-14-19(23-24(32)26(34)30-29-25(23)28)16-8-10-18(11-9-16)35-17-6-4-3-5-7-17/h2-7,10-13,16,18-20,26H,1,8-9,14-15H2,(H2,30,32)(H,31,35)(H,33,36);2-11,14,17H,1,12-13,15H2,(H2,29,30)(H,31,35);2-11,14,20-21H,1,12-13,15H2,(H2,28,29)(H,30,34)/t;17-;/m.1./s1. The van der Waals surface area contributed by atoms with Crippen molar-refractivity contribution in [3.05, 3.63) is 251 Å². The van der Waals surface area contributed by atoms with Gasteiger partial charge in [-0.05, 0) is 152 Å². The van der Waals surface area contributed by atoms with Crippen molar-refractivity contribution in [1.29, 1.82) is 0 Å². The van der Waals surface area contributed by atoms with E-state index in [9.17, 15) is 37.5 Å². The van der Waals surface area contributed by atoms with Crippen molar-refractivity contribution in [3.63, 3.8) is 0 Å². The maximum Gasteiger partial charge on any atom is 0.288 e. The molecule has 108 heavy (non-hydrogen) atoms. The maximum absolute atomic E-state index is 15.1. The number of anilines is 3. The number of H-pyrrole nitrogens is 3. The van der Waals surface area contributed by atoms with Crippen LogP contribution in [-0.4, -0.2) is 116 Å². The van der Waals surface area contributed by atoms with Gasteiger partial charge in [0.05, 0.1) is 34.8 Å². The number of hydrogen-bond donors (Lipinski definition) is 7. The Labute approximate surface area is 615 Å². The van der Waals surface area contributed by atoms with Crippen LogP contribution in [0.15, 0.2) is 235 Å². The molecule has 4 aliphatic rings. The van der Waals surface area contributed by atoms with Crippen molar-refractivity contribution < 1.29 is 41.8 Å². The molecule has 6 aromatic carbocycles. The Bertz CT molecular complexity index is 5540. The number of benzene rings is 6. The van der Waals surface area contributed by atoms with E-state index in [0.717, 1.165) is 64.8 Å². The molecule has 16 rings (SSSR count). The molecule has 3 amide bonds. The van der Waals surface area contributed by atoms with Crippen molar-refractivity contribution >= 4 is 67.9 Å². The number of fused-ring (bicyclic) bond motifs is 5. The van der Waals surface area contributed by atoms with Gasteiger partial charge in [0.1, 0.15) is 57.2 Å². The number of aromatic amines is 3. The first-order chi connectivity index (χ1) is 52.2. The van der Waals surface area contributed by atoms with Gasteiger partial charge in [0, 0.05) is 73.4 Å². The molecule has 27 heteroatoms. The van der Waals surface area contributed by atoms with E-state index in [4.69, 9.17) is 31.4 Å². The zero-order valence-corrected chi connectivity index (χ0v) is 58.4. The highest BCUT2D eigenvalue weighted by Gasteiger charge is 2.45. The average molecular weight is 1460 g/mol. The van der Waals surface area contributed by atoms with E-state index in [1.807, 2.05) is 146 Å². The quantitative estimate of drug-likeness (QED) is 0.0442. The summed E-state index contributed by atoms with van der Waals surface area (Å²) < 4.78 is 67.2. The van der Waals surface area contributed by atoms with Crippen LogP contribution in [0.5, 0.6) is 34.5 Å². The predicted molar refractivity (Wildman–Crippen MR) is 407 cm³/mol. The minimum atomic E-state index is -3.14. The molecule has 0 spiro atoms. The number of piperidine rings is 2. The summed E-state index contributed by atoms with van der Waals surface area (Å²) in [6.07, 6.45) is 11.2. The van der Waals surface area contributed by atoms with Gasteiger partial charge in [-0.1, -0.05) is 111 Å². The lowest BCUT2D eigenvalue weighted by molar-refractivity contribution is -0.139. The first-order valence-electron chi connectivity index (χ1n) is 35.2. The third-order valence-corrected chi connectivity index (χ3v) is 20.3. The van der Waals surface area contributed by atoms with Crippen LogP contribution in [0.2, 0.25) is 0 Å². The number of amides is 3. The Morgan fingerprint density at radius 3 is 1.26 bits per heavy atom. The number of halogens is 3. The Morgan fingerprint density at radius 1 is 0.491 bits per heavy atom. The highest BCUT2D eigenvalue weighted by atomic mass is 19.3. The molecule has 12 aromatic rings. The summed E-state index contributed by atoms with van der Waals surface area (Å²) in [7, 11) is 0. The van der Waals surface area contributed by atoms with Crippen LogP contribution in [0.25, 0.3) is 66.1 Å². The number of rotatable bonds is 16. The lowest BCUT2D eigenvalue weighted by atomic mass is 9.80. The number of hydrogen-bond acceptors (Lipinski definition) is 15. The number of ether oxygens (including phenoxy) is 3. The number of nitrogens with two attached hydrogens (primary N) is 3. The van der Waals surface area contributed by atoms with E-state index in [0.29, 0.717) is 79.0 Å². The summed E-state index contributed by atoms with van der Waals surface area (Å²) in [6, 6.07) is 49.2. The second-order valence-corrected chi connectivity index (χ2v) is 27.1. The highest BCUT2D eigenvalue weighted by molar-refractivity contribution is 6.04. The fraction of sp³-hybridized carbons (Fsp3) is 0.222. The van der Waals surface area contributed by atoms with Gasteiger partial charge in [0.2, 0.25) is 17.7 Å². The van der Waals surface area contributed by atoms with Gasteiger partial charge in [0.25, 0.3) is 22.6 Å². The van der Waals surface area contributed by atoms with E-state index >= 15 is 4.39 Å². The lowest BCUT2D eigenvalue weighted by Crippen LogP contribution is -2.49. The van der Waals surface area contributed by atoms with Gasteiger partial charge in [-0.25, -0.2) is 28.5 Å². The second kappa shape index (κ2) is 30.5. The van der Waals surface area contributed by atoms with Crippen molar-refractivity contribution in [2.24, 2.45) is 11.8 Å². The number of carbonyl (C=O) groups excluding carboxylic acids is 3. The molecule has 2 saturated carbocycles. The minimum absolute atomic E-state index is 0.00478. The van der Waals surface area contributed by atoms with Gasteiger partial charge in [-0.3, -0.25) is 28.8 Å². The van der Waals surface area contributed by atoms with Crippen molar-refractivity contribution in [3.8, 4) is 67.9 Å². The molecule has 8 heterocycles. The zero-order valence-electron chi connectivity index (χ0n) is 58.4. The van der Waals surface area contributed by atoms with Crippen molar-refractivity contribution in [2.45, 2.75) is 74.8 Å². The molecular weight excluding hydrogens is 1380 g/mol. The van der Waals surface area contributed by atoms with Gasteiger partial charge in [-0.2, -0.15) is 15.3 Å². The van der Waals surface area contributed by atoms with Gasteiger partial charge in [-0.15, -0.1) is 0 Å². The molecule has 2 aliphatic heterocycles. The molecule has 6 aromatic heterocycles. The predicted octanol–water partition coefficient (Wildman–Crippen LogP) is 13.2. The molecular formula is C81H76F3N15O9. The largest absolute Gasteiger partial charge is 0.457 e. The first kappa shape index (κ1) is 71.8. The van der Waals surface area contributed by atoms with Crippen LogP contribution in [0, 0.1) is 11.8 Å². The number of likely N-dealkylation sites (tertiary alicyclic amines) is 2. The molecule has 4 fully saturated rings. The smallest absolute Gasteiger partial charge is 0.288 e. The fourth-order valence-electron chi connectivity index (χ4n) is 15.4. The number of nitrogens with zero attached hydrogens (tertiary/aromatic N) is 8. The Hall–Kier alpha value is -13.2. The Kier molecular flexibility index (Phi) is 20.3. The lowest BCUT2D eigenvalue weighted by Gasteiger charge is -2.37. The molecule has 24 nitrogen and oxygen atoms in total. The average Bonchev–Trinajstić information content (AvgIpc) is 1.60. The molecule has 5 atom stereocenters. The molecule has 2 aliphatic carbocycles. The van der Waals surface area contributed by atoms with Crippen LogP contribution in [0.1, 0.15) is 56.7 Å². The Morgan fingerprint density at radius 2 is 0.861 bits per heavy atom. The van der Waals surface area contributed by atoms with Crippen LogP contribution < -0.4 is 53.4 Å². The summed E-state index contributed by atoms with van der Waals surface area (Å²) in [6.45, 7) is 10.2. The number of aromatic nitrogens is 9. The first-order valence-corrected chi connectivity index (χ1v) is 35.2. The third kappa shape index (κ3) is 14.8. The molecule has 2 bridgehead atoms. The zero-order chi connectivity index (χ0) is 75.5. The molecule has 4 unspecified atom stereocenters. The van der Waals surface area contributed by atoms with E-state index in [1.165, 1.54) is 21.6 Å². The number of alkyl halides is 3. The molecule has 550 valence electrons. The summed E-state index contributed by atoms with van der Waals surface area (Å²) in [5, 5.41) is 23.8. The number of para-hydroxylation sites is 3. The monoisotopic (exact) mass is 1460 g/mol. The highest BCUT2D eigenvalue weighted by Crippen LogP contribution is 2.49. The van der Waals surface area contributed by atoms with E-state index in [2.05, 4.69) is 60.2 Å². The van der Waals surface area contributed by atoms with E-state index < -0.39 is 54.2 Å². The van der Waals surface area contributed by atoms with Crippen LogP contribution >= 0.6 is 0 Å². The fourth-order valence-corrected chi connectivity index (χ4v) is 15.4. The van der Waals surface area contributed by atoms with Gasteiger partial charge >= 0.3 is 0 Å². The van der Waals surface area contributed by atoms with Crippen LogP contribution in [-0.2, 0) is 14.4 Å². The number of nitrogen functional groups attached to an aromatic ring is 3. The second-order valence-electron chi connectivity index (χ2n) is 27.1. The topological polar surface area (TPSA) is 328 Å². The van der Waals surface area contributed by atoms with Crippen molar-refractivity contribution in [2.75, 3.05) is 43.4 Å². The number of nitrogens with one attached hydrogen (secondary N) is 4. The molecule has 0 radical (unpaired) electrons. The summed E-state index contributed by atoms with van der Waals surface area (Å²) in [5.41, 5.74) is 22.7. The molecule has 2 saturated heterocycles. The third-order valence-electron chi connectivity index (χ3n) is 20.3. The SMILES string of the molecule is C=CC(=O)N1CCC(F)C(n2cc(-c3ccc(Oc4ccccc4)cc3)c3c(N)n[nH]c(=O)c32)C1.C=CC(=O)N1C[C@H](n2cc(-c3ccc(Oc4ccccc4)cc3)c3c(N)n[nH]c(=O)c32)CC(F)(F)C1.C=CC(=O)NC1C2CCC1CC(n1cc(-c3ccc(Oc4ccccc4)cc3)c3c(N)n[nH]c(=O)c31)C2. The summed E-state index contributed by atoms with van der Waals surface area (Å²) in [4.78, 5) is 77.6. The van der Waals surface area contributed by atoms with E-state index in [-0.39, 0.29) is 78.2 Å². The summed E-state index contributed by atoms with van der Waals surface area (Å²) >= 11 is 0. The normalized spacial score (nSPS) is 19.3. The minimum Gasteiger partial charge on any atom is -0.457 e. The molecule has 10 N–H and O–H groups in total. The number of carbonyl (C=O) groups is 3. The Balaban J connectivity index is 0.000000136.